The Morgan fingerprint density at radius 1 is 1.36 bits per heavy atom. The van der Waals surface area contributed by atoms with Crippen LogP contribution in [0.5, 0.6) is 5.75 Å². The summed E-state index contributed by atoms with van der Waals surface area (Å²) in [5, 5.41) is 0. The van der Waals surface area contributed by atoms with Gasteiger partial charge in [0.1, 0.15) is 5.75 Å². The lowest BCUT2D eigenvalue weighted by Gasteiger charge is -2.15. The molecule has 1 fully saturated rings. The lowest BCUT2D eigenvalue weighted by molar-refractivity contribution is 0.301. The zero-order valence-electron chi connectivity index (χ0n) is 8.46. The fourth-order valence-corrected chi connectivity index (χ4v) is 1.57. The molecule has 14 heavy (non-hydrogen) atoms. The van der Waals surface area contributed by atoms with Crippen LogP contribution >= 0.6 is 15.9 Å². The first kappa shape index (κ1) is 9.84. The minimum atomic E-state index is 0.448. The summed E-state index contributed by atoms with van der Waals surface area (Å²) in [7, 11) is 4.06. The molecule has 0 amide bonds. The molecule has 0 heterocycles. The molecule has 2 nitrogen and oxygen atoms in total. The van der Waals surface area contributed by atoms with Gasteiger partial charge >= 0.3 is 0 Å². The molecule has 0 bridgehead atoms. The molecule has 0 aliphatic heterocycles. The van der Waals surface area contributed by atoms with Crippen molar-refractivity contribution in [2.75, 3.05) is 19.0 Å². The van der Waals surface area contributed by atoms with Crippen molar-refractivity contribution in [1.82, 2.24) is 0 Å². The smallest absolute Gasteiger partial charge is 0.135 e. The van der Waals surface area contributed by atoms with Crippen molar-refractivity contribution < 1.29 is 4.74 Å². The van der Waals surface area contributed by atoms with E-state index < -0.39 is 0 Å². The average Bonchev–Trinajstić information content (AvgIpc) is 2.92. The molecule has 0 atom stereocenters. The van der Waals surface area contributed by atoms with Crippen LogP contribution in [0.2, 0.25) is 0 Å². The van der Waals surface area contributed by atoms with E-state index in [-0.39, 0.29) is 0 Å². The predicted molar refractivity (Wildman–Crippen MR) is 62.1 cm³/mol. The molecule has 0 saturated heterocycles. The number of anilines is 1. The second-order valence-corrected chi connectivity index (χ2v) is 4.68. The van der Waals surface area contributed by atoms with Crippen molar-refractivity contribution in [3.63, 3.8) is 0 Å². The van der Waals surface area contributed by atoms with Gasteiger partial charge in [-0.1, -0.05) is 0 Å². The van der Waals surface area contributed by atoms with Gasteiger partial charge in [0, 0.05) is 25.8 Å². The van der Waals surface area contributed by atoms with Crippen molar-refractivity contribution in [3.05, 3.63) is 22.7 Å². The lowest BCUT2D eigenvalue weighted by atomic mass is 10.3. The molecular formula is C11H14BrNO. The molecule has 1 aliphatic rings. The highest BCUT2D eigenvalue weighted by Gasteiger charge is 2.24. The van der Waals surface area contributed by atoms with Gasteiger partial charge in [0.05, 0.1) is 10.6 Å². The summed E-state index contributed by atoms with van der Waals surface area (Å²) < 4.78 is 6.81. The molecule has 0 aromatic heterocycles. The molecule has 3 heteroatoms. The zero-order valence-corrected chi connectivity index (χ0v) is 10.0. The highest BCUT2D eigenvalue weighted by molar-refractivity contribution is 9.10. The molecule has 1 aliphatic carbocycles. The van der Waals surface area contributed by atoms with Crippen molar-refractivity contribution in [1.29, 1.82) is 0 Å². The van der Waals surface area contributed by atoms with Crippen molar-refractivity contribution in [2.45, 2.75) is 18.9 Å². The molecule has 0 unspecified atom stereocenters. The third kappa shape index (κ3) is 2.21. The molecule has 0 spiro atoms. The number of nitrogens with zero attached hydrogens (tertiary/aromatic N) is 1. The number of rotatable bonds is 3. The molecule has 2 rings (SSSR count). The van der Waals surface area contributed by atoms with Crippen LogP contribution in [0.3, 0.4) is 0 Å². The first-order chi connectivity index (χ1) is 6.66. The molecule has 1 saturated carbocycles. The van der Waals surface area contributed by atoms with Gasteiger partial charge in [-0.2, -0.15) is 0 Å². The minimum Gasteiger partial charge on any atom is -0.489 e. The Kier molecular flexibility index (Phi) is 2.68. The summed E-state index contributed by atoms with van der Waals surface area (Å²) in [6.07, 6.45) is 2.83. The van der Waals surface area contributed by atoms with E-state index in [0.717, 1.165) is 10.2 Å². The average molecular weight is 256 g/mol. The highest BCUT2D eigenvalue weighted by Crippen LogP contribution is 2.34. The van der Waals surface area contributed by atoms with E-state index in [2.05, 4.69) is 33.0 Å². The van der Waals surface area contributed by atoms with Crippen LogP contribution in [0.4, 0.5) is 5.69 Å². The van der Waals surface area contributed by atoms with Crippen LogP contribution in [0.1, 0.15) is 12.8 Å². The Morgan fingerprint density at radius 3 is 2.64 bits per heavy atom. The quantitative estimate of drug-likeness (QED) is 0.824. The first-order valence-corrected chi connectivity index (χ1v) is 5.59. The summed E-state index contributed by atoms with van der Waals surface area (Å²) in [6, 6.07) is 6.18. The maximum absolute atomic E-state index is 5.77. The van der Waals surface area contributed by atoms with Gasteiger partial charge in [-0.05, 0) is 40.9 Å². The maximum atomic E-state index is 5.77. The first-order valence-electron chi connectivity index (χ1n) is 4.80. The van der Waals surface area contributed by atoms with Gasteiger partial charge < -0.3 is 9.64 Å². The van der Waals surface area contributed by atoms with Crippen LogP contribution in [-0.2, 0) is 0 Å². The molecule has 1 aromatic rings. The van der Waals surface area contributed by atoms with Crippen LogP contribution in [0.15, 0.2) is 22.7 Å². The summed E-state index contributed by atoms with van der Waals surface area (Å²) in [6.45, 7) is 0. The topological polar surface area (TPSA) is 12.5 Å². The Bertz CT molecular complexity index is 334. The van der Waals surface area contributed by atoms with Gasteiger partial charge in [-0.3, -0.25) is 0 Å². The highest BCUT2D eigenvalue weighted by atomic mass is 79.9. The normalized spacial score (nSPS) is 15.4. The largest absolute Gasteiger partial charge is 0.489 e. The van der Waals surface area contributed by atoms with Crippen molar-refractivity contribution in [2.24, 2.45) is 0 Å². The summed E-state index contributed by atoms with van der Waals surface area (Å²) in [5.74, 6) is 0.957. The van der Waals surface area contributed by atoms with Gasteiger partial charge in [-0.15, -0.1) is 0 Å². The second-order valence-electron chi connectivity index (χ2n) is 3.83. The van der Waals surface area contributed by atoms with Gasteiger partial charge in [-0.25, -0.2) is 0 Å². The Hall–Kier alpha value is -0.700. The minimum absolute atomic E-state index is 0.448. The molecule has 76 valence electrons. The van der Waals surface area contributed by atoms with E-state index in [9.17, 15) is 0 Å². The summed E-state index contributed by atoms with van der Waals surface area (Å²) >= 11 is 3.49. The van der Waals surface area contributed by atoms with Crippen molar-refractivity contribution >= 4 is 21.6 Å². The fourth-order valence-electron chi connectivity index (χ4n) is 1.23. The molecular weight excluding hydrogens is 242 g/mol. The van der Waals surface area contributed by atoms with E-state index in [4.69, 9.17) is 4.74 Å². The third-order valence-corrected chi connectivity index (χ3v) is 2.90. The number of benzene rings is 1. The van der Waals surface area contributed by atoms with E-state index in [1.807, 2.05) is 20.2 Å². The van der Waals surface area contributed by atoms with Crippen LogP contribution < -0.4 is 9.64 Å². The van der Waals surface area contributed by atoms with E-state index >= 15 is 0 Å². The summed E-state index contributed by atoms with van der Waals surface area (Å²) in [4.78, 5) is 2.08. The standard InChI is InChI=1S/C11H14BrNO/c1-13(2)8-3-6-10(12)11(7-8)14-9-4-5-9/h3,6-7,9H,4-5H2,1-2H3. The number of hydrogen-bond donors (Lipinski definition) is 0. The van der Waals surface area contributed by atoms with E-state index in [1.54, 1.807) is 0 Å². The van der Waals surface area contributed by atoms with Gasteiger partial charge in [0.2, 0.25) is 0 Å². The maximum Gasteiger partial charge on any atom is 0.135 e. The zero-order chi connectivity index (χ0) is 10.1. The van der Waals surface area contributed by atoms with Crippen LogP contribution in [0, 0.1) is 0 Å². The molecule has 1 aromatic carbocycles. The molecule has 0 N–H and O–H groups in total. The second kappa shape index (κ2) is 3.81. The van der Waals surface area contributed by atoms with Gasteiger partial charge in [0.15, 0.2) is 0 Å². The van der Waals surface area contributed by atoms with Gasteiger partial charge in [0.25, 0.3) is 0 Å². The van der Waals surface area contributed by atoms with Crippen molar-refractivity contribution in [3.8, 4) is 5.75 Å². The monoisotopic (exact) mass is 255 g/mol. The number of ether oxygens (including phenoxy) is 1. The van der Waals surface area contributed by atoms with Crippen LogP contribution in [-0.4, -0.2) is 20.2 Å². The van der Waals surface area contributed by atoms with E-state index in [1.165, 1.54) is 18.5 Å². The third-order valence-electron chi connectivity index (χ3n) is 2.25. The Morgan fingerprint density at radius 2 is 2.07 bits per heavy atom. The van der Waals surface area contributed by atoms with Crippen LogP contribution in [0.25, 0.3) is 0 Å². The lowest BCUT2D eigenvalue weighted by Crippen LogP contribution is -2.09. The number of hydrogen-bond acceptors (Lipinski definition) is 2. The predicted octanol–water partition coefficient (Wildman–Crippen LogP) is 3.06. The molecule has 0 radical (unpaired) electrons. The SMILES string of the molecule is CN(C)c1ccc(Br)c(OC2CC2)c1. The Balaban J connectivity index is 2.21. The van der Waals surface area contributed by atoms with E-state index in [0.29, 0.717) is 6.10 Å². The number of halogens is 1. The Labute approximate surface area is 93.0 Å². The fraction of sp³-hybridized carbons (Fsp3) is 0.455. The summed E-state index contributed by atoms with van der Waals surface area (Å²) in [5.41, 5.74) is 1.17.